The zero-order valence-electron chi connectivity index (χ0n) is 7.14. The van der Waals surface area contributed by atoms with Gasteiger partial charge in [0.05, 0.1) is 0 Å². The molecule has 1 aromatic carbocycles. The minimum atomic E-state index is -0.229. The van der Waals surface area contributed by atoms with Gasteiger partial charge in [0.1, 0.15) is 5.82 Å². The fourth-order valence-corrected chi connectivity index (χ4v) is 1.53. The fraction of sp³-hybridized carbons (Fsp3) is 0.300. The number of benzene rings is 1. The monoisotopic (exact) mass is 179 g/mol. The number of carbonyl (C=O) groups is 1. The summed E-state index contributed by atoms with van der Waals surface area (Å²) in [6.07, 6.45) is 1.09. The fourth-order valence-electron chi connectivity index (χ4n) is 1.53. The summed E-state index contributed by atoms with van der Waals surface area (Å²) in [4.78, 5) is 11.0. The van der Waals surface area contributed by atoms with Crippen LogP contribution in [0.15, 0.2) is 18.2 Å². The Bertz CT molecular complexity index is 349. The molecule has 0 fully saturated rings. The third-order valence-electron chi connectivity index (χ3n) is 2.27. The molecule has 0 saturated heterocycles. The van der Waals surface area contributed by atoms with Crippen LogP contribution in [0.4, 0.5) is 4.39 Å². The number of amides is 1. The van der Waals surface area contributed by atoms with Gasteiger partial charge < -0.3 is 5.32 Å². The molecule has 1 aromatic rings. The summed E-state index contributed by atoms with van der Waals surface area (Å²) in [6, 6.07) is 4.67. The molecular weight excluding hydrogens is 169 g/mol. The van der Waals surface area contributed by atoms with E-state index in [1.165, 1.54) is 12.1 Å². The lowest BCUT2D eigenvalue weighted by atomic mass is 10.0. The number of fused-ring (bicyclic) bond motifs is 1. The van der Waals surface area contributed by atoms with Gasteiger partial charge in [-0.2, -0.15) is 0 Å². The predicted molar refractivity (Wildman–Crippen MR) is 46.6 cm³/mol. The highest BCUT2D eigenvalue weighted by Crippen LogP contribution is 2.15. The van der Waals surface area contributed by atoms with Gasteiger partial charge in [0.2, 0.25) is 5.91 Å². The van der Waals surface area contributed by atoms with Crippen LogP contribution >= 0.6 is 0 Å². The van der Waals surface area contributed by atoms with Crippen molar-refractivity contribution in [3.63, 3.8) is 0 Å². The summed E-state index contributed by atoms with van der Waals surface area (Å²) in [5, 5.41) is 2.76. The maximum atomic E-state index is 12.8. The van der Waals surface area contributed by atoms with Gasteiger partial charge in [0.25, 0.3) is 0 Å². The van der Waals surface area contributed by atoms with Crippen LogP contribution in [-0.4, -0.2) is 5.91 Å². The maximum Gasteiger partial charge on any atom is 0.220 e. The van der Waals surface area contributed by atoms with Crippen LogP contribution in [-0.2, 0) is 17.8 Å². The highest BCUT2D eigenvalue weighted by Gasteiger charge is 2.12. The molecule has 0 spiro atoms. The number of hydrogen-bond acceptors (Lipinski definition) is 1. The van der Waals surface area contributed by atoms with E-state index in [0.29, 0.717) is 19.4 Å². The number of aryl methyl sites for hydroxylation is 1. The molecule has 68 valence electrons. The first-order chi connectivity index (χ1) is 6.25. The van der Waals surface area contributed by atoms with Gasteiger partial charge in [-0.05, 0) is 29.7 Å². The highest BCUT2D eigenvalue weighted by molar-refractivity contribution is 5.76. The Kier molecular flexibility index (Phi) is 2.00. The molecule has 1 amide bonds. The van der Waals surface area contributed by atoms with E-state index >= 15 is 0 Å². The van der Waals surface area contributed by atoms with Crippen molar-refractivity contribution in [2.45, 2.75) is 19.4 Å². The Balaban J connectivity index is 2.35. The number of halogens is 1. The molecule has 0 aliphatic carbocycles. The second-order valence-electron chi connectivity index (χ2n) is 3.19. The number of hydrogen-bond donors (Lipinski definition) is 1. The highest BCUT2D eigenvalue weighted by atomic mass is 19.1. The van der Waals surface area contributed by atoms with Crippen molar-refractivity contribution in [3.8, 4) is 0 Å². The maximum absolute atomic E-state index is 12.8. The summed E-state index contributed by atoms with van der Waals surface area (Å²) in [5.74, 6) is -0.190. The normalized spacial score (nSPS) is 15.9. The van der Waals surface area contributed by atoms with Crippen molar-refractivity contribution in [2.75, 3.05) is 0 Å². The van der Waals surface area contributed by atoms with E-state index in [1.54, 1.807) is 6.07 Å². The van der Waals surface area contributed by atoms with Gasteiger partial charge >= 0.3 is 0 Å². The second-order valence-corrected chi connectivity index (χ2v) is 3.19. The molecule has 0 atom stereocenters. The summed E-state index contributed by atoms with van der Waals surface area (Å²) in [7, 11) is 0. The van der Waals surface area contributed by atoms with E-state index in [4.69, 9.17) is 0 Å². The number of rotatable bonds is 0. The van der Waals surface area contributed by atoms with Crippen LogP contribution in [0.25, 0.3) is 0 Å². The molecule has 1 heterocycles. The third kappa shape index (κ3) is 1.69. The molecule has 1 aliphatic heterocycles. The molecule has 1 aliphatic rings. The molecule has 2 nitrogen and oxygen atoms in total. The lowest BCUT2D eigenvalue weighted by molar-refractivity contribution is -0.121. The molecule has 0 radical (unpaired) electrons. The van der Waals surface area contributed by atoms with Crippen LogP contribution in [0.5, 0.6) is 0 Å². The van der Waals surface area contributed by atoms with E-state index in [2.05, 4.69) is 5.32 Å². The van der Waals surface area contributed by atoms with Crippen LogP contribution in [0.3, 0.4) is 0 Å². The van der Waals surface area contributed by atoms with Crippen molar-refractivity contribution < 1.29 is 9.18 Å². The predicted octanol–water partition coefficient (Wildman–Crippen LogP) is 1.39. The zero-order chi connectivity index (χ0) is 9.26. The average Bonchev–Trinajstić information content (AvgIpc) is 2.29. The van der Waals surface area contributed by atoms with E-state index in [9.17, 15) is 9.18 Å². The molecule has 3 heteroatoms. The summed E-state index contributed by atoms with van der Waals surface area (Å²) in [5.41, 5.74) is 1.96. The summed E-state index contributed by atoms with van der Waals surface area (Å²) < 4.78 is 12.8. The van der Waals surface area contributed by atoms with Crippen LogP contribution in [0.2, 0.25) is 0 Å². The Morgan fingerprint density at radius 2 is 2.08 bits per heavy atom. The standard InChI is InChI=1S/C10H10FNO/c11-9-3-1-8-6-12-10(13)4-2-7(8)5-9/h1,3,5H,2,4,6H2,(H,12,13). The first-order valence-electron chi connectivity index (χ1n) is 4.30. The Morgan fingerprint density at radius 1 is 1.23 bits per heavy atom. The van der Waals surface area contributed by atoms with Crippen molar-refractivity contribution in [2.24, 2.45) is 0 Å². The summed E-state index contributed by atoms with van der Waals surface area (Å²) in [6.45, 7) is 0.522. The molecule has 13 heavy (non-hydrogen) atoms. The quantitative estimate of drug-likeness (QED) is 0.640. The zero-order valence-corrected chi connectivity index (χ0v) is 7.14. The van der Waals surface area contributed by atoms with Crippen LogP contribution in [0.1, 0.15) is 17.5 Å². The van der Waals surface area contributed by atoms with Crippen molar-refractivity contribution in [1.82, 2.24) is 5.32 Å². The molecule has 0 saturated carbocycles. The van der Waals surface area contributed by atoms with E-state index in [1.807, 2.05) is 0 Å². The SMILES string of the molecule is O=C1CCc2cc(F)ccc2CN1. The topological polar surface area (TPSA) is 29.1 Å². The Labute approximate surface area is 75.8 Å². The van der Waals surface area contributed by atoms with Crippen LogP contribution < -0.4 is 5.32 Å². The van der Waals surface area contributed by atoms with Crippen molar-refractivity contribution in [3.05, 3.63) is 35.1 Å². The molecule has 0 aromatic heterocycles. The first-order valence-corrected chi connectivity index (χ1v) is 4.30. The average molecular weight is 179 g/mol. The Hall–Kier alpha value is -1.38. The minimum Gasteiger partial charge on any atom is -0.352 e. The van der Waals surface area contributed by atoms with E-state index in [-0.39, 0.29) is 11.7 Å². The molecule has 2 rings (SSSR count). The molecule has 0 unspecified atom stereocenters. The molecular formula is C10H10FNO. The van der Waals surface area contributed by atoms with Crippen molar-refractivity contribution >= 4 is 5.91 Å². The van der Waals surface area contributed by atoms with Gasteiger partial charge in [-0.25, -0.2) is 4.39 Å². The summed E-state index contributed by atoms with van der Waals surface area (Å²) >= 11 is 0. The number of carbonyl (C=O) groups excluding carboxylic acids is 1. The lowest BCUT2D eigenvalue weighted by Gasteiger charge is -2.03. The first kappa shape index (κ1) is 8.23. The van der Waals surface area contributed by atoms with Gasteiger partial charge in [-0.1, -0.05) is 6.07 Å². The van der Waals surface area contributed by atoms with E-state index in [0.717, 1.165) is 11.1 Å². The van der Waals surface area contributed by atoms with Gasteiger partial charge in [0.15, 0.2) is 0 Å². The van der Waals surface area contributed by atoms with Gasteiger partial charge in [0, 0.05) is 13.0 Å². The second kappa shape index (κ2) is 3.17. The van der Waals surface area contributed by atoms with E-state index < -0.39 is 0 Å². The van der Waals surface area contributed by atoms with Gasteiger partial charge in [-0.3, -0.25) is 4.79 Å². The third-order valence-corrected chi connectivity index (χ3v) is 2.27. The molecule has 1 N–H and O–H groups in total. The Morgan fingerprint density at radius 3 is 2.92 bits per heavy atom. The molecule has 0 bridgehead atoms. The lowest BCUT2D eigenvalue weighted by Crippen LogP contribution is -2.20. The van der Waals surface area contributed by atoms with Crippen molar-refractivity contribution in [1.29, 1.82) is 0 Å². The van der Waals surface area contributed by atoms with Crippen LogP contribution in [0, 0.1) is 5.82 Å². The largest absolute Gasteiger partial charge is 0.352 e. The minimum absolute atomic E-state index is 0.0385. The number of nitrogens with one attached hydrogen (secondary N) is 1. The smallest absolute Gasteiger partial charge is 0.220 e. The van der Waals surface area contributed by atoms with Gasteiger partial charge in [-0.15, -0.1) is 0 Å².